The van der Waals surface area contributed by atoms with Gasteiger partial charge >= 0.3 is 11.8 Å². The first kappa shape index (κ1) is 18.8. The van der Waals surface area contributed by atoms with Gasteiger partial charge in [0.25, 0.3) is 0 Å². The van der Waals surface area contributed by atoms with E-state index in [4.69, 9.17) is 22.1 Å². The summed E-state index contributed by atoms with van der Waals surface area (Å²) < 4.78 is 5.39. The Morgan fingerprint density at radius 3 is 2.48 bits per heavy atom. The minimum absolute atomic E-state index is 0.325. The van der Waals surface area contributed by atoms with Crippen molar-refractivity contribution >= 4 is 40.5 Å². The van der Waals surface area contributed by atoms with E-state index in [1.165, 1.54) is 6.07 Å². The highest BCUT2D eigenvalue weighted by molar-refractivity contribution is 6.40. The zero-order valence-electron chi connectivity index (χ0n) is 14.9. The molecule has 7 nitrogen and oxygen atoms in total. The largest absolute Gasteiger partial charge is 0.495 e. The van der Waals surface area contributed by atoms with Crippen LogP contribution < -0.4 is 20.7 Å². The van der Waals surface area contributed by atoms with Crippen LogP contribution in [-0.2, 0) is 9.59 Å². The summed E-state index contributed by atoms with van der Waals surface area (Å²) in [7, 11) is 1.63. The van der Waals surface area contributed by atoms with Gasteiger partial charge in [0.15, 0.2) is 0 Å². The van der Waals surface area contributed by atoms with Crippen LogP contribution in [0.5, 0.6) is 5.75 Å². The summed E-state index contributed by atoms with van der Waals surface area (Å²) in [5, 5.41) is 2.89. The van der Waals surface area contributed by atoms with E-state index in [-0.39, 0.29) is 0 Å². The third-order valence-corrected chi connectivity index (χ3v) is 4.77. The average Bonchev–Trinajstić information content (AvgIpc) is 2.70. The molecule has 0 aliphatic carbocycles. The maximum absolute atomic E-state index is 12.4. The number of anilines is 3. The Labute approximate surface area is 162 Å². The van der Waals surface area contributed by atoms with Crippen LogP contribution in [0.1, 0.15) is 0 Å². The number of hydrogen-bond donors (Lipinski definition) is 2. The fourth-order valence-corrected chi connectivity index (χ4v) is 3.16. The highest BCUT2D eigenvalue weighted by Gasteiger charge is 2.27. The summed E-state index contributed by atoms with van der Waals surface area (Å²) in [6.07, 6.45) is 0. The van der Waals surface area contributed by atoms with Crippen LogP contribution in [0.25, 0.3) is 0 Å². The molecule has 8 heteroatoms. The average molecular weight is 389 g/mol. The number of halogens is 1. The molecule has 1 saturated heterocycles. The normalized spacial score (nSPS) is 14.0. The van der Waals surface area contributed by atoms with E-state index >= 15 is 0 Å². The van der Waals surface area contributed by atoms with Gasteiger partial charge in [-0.1, -0.05) is 23.7 Å². The lowest BCUT2D eigenvalue weighted by Gasteiger charge is -2.36. The first-order valence-corrected chi connectivity index (χ1v) is 8.90. The summed E-state index contributed by atoms with van der Waals surface area (Å²) in [6, 6.07) is 12.4. The summed E-state index contributed by atoms with van der Waals surface area (Å²) in [5.74, 6) is -0.473. The van der Waals surface area contributed by atoms with E-state index in [0.29, 0.717) is 42.6 Å². The number of carbonyl (C=O) groups excluding carboxylic acids is 2. The maximum atomic E-state index is 12.4. The van der Waals surface area contributed by atoms with Crippen LogP contribution in [0, 0.1) is 0 Å². The minimum atomic E-state index is -0.693. The van der Waals surface area contributed by atoms with Crippen molar-refractivity contribution in [2.75, 3.05) is 49.2 Å². The Morgan fingerprint density at radius 2 is 1.81 bits per heavy atom. The van der Waals surface area contributed by atoms with Gasteiger partial charge in [-0.05, 0) is 30.3 Å². The third-order valence-electron chi connectivity index (χ3n) is 4.45. The Morgan fingerprint density at radius 1 is 1.11 bits per heavy atom. The number of para-hydroxylation sites is 2. The third kappa shape index (κ3) is 4.25. The predicted molar refractivity (Wildman–Crippen MR) is 106 cm³/mol. The van der Waals surface area contributed by atoms with Crippen LogP contribution in [0.2, 0.25) is 5.02 Å². The quantitative estimate of drug-likeness (QED) is 0.621. The van der Waals surface area contributed by atoms with Crippen molar-refractivity contribution in [1.29, 1.82) is 0 Å². The molecule has 0 aromatic heterocycles. The number of nitrogens with two attached hydrogens (primary N) is 1. The summed E-state index contributed by atoms with van der Waals surface area (Å²) in [5.41, 5.74) is 7.47. The molecule has 0 radical (unpaired) electrons. The van der Waals surface area contributed by atoms with Crippen LogP contribution >= 0.6 is 11.6 Å². The first-order valence-electron chi connectivity index (χ1n) is 8.53. The topological polar surface area (TPSA) is 87.9 Å². The lowest BCUT2D eigenvalue weighted by molar-refractivity contribution is -0.143. The zero-order valence-corrected chi connectivity index (χ0v) is 15.7. The van der Waals surface area contributed by atoms with Gasteiger partial charge in [-0.15, -0.1) is 0 Å². The van der Waals surface area contributed by atoms with E-state index in [1.807, 2.05) is 24.3 Å². The van der Waals surface area contributed by atoms with E-state index < -0.39 is 11.8 Å². The fraction of sp³-hybridized carbons (Fsp3) is 0.263. The van der Waals surface area contributed by atoms with Gasteiger partial charge in [0.2, 0.25) is 0 Å². The number of piperazine rings is 1. The molecule has 1 aliphatic rings. The van der Waals surface area contributed by atoms with E-state index in [1.54, 1.807) is 24.1 Å². The molecule has 0 atom stereocenters. The Balaban J connectivity index is 1.59. The summed E-state index contributed by atoms with van der Waals surface area (Å²) >= 11 is 5.94. The smallest absolute Gasteiger partial charge is 0.313 e. The molecule has 2 aromatic carbocycles. The number of benzene rings is 2. The van der Waals surface area contributed by atoms with Crippen LogP contribution in [0.3, 0.4) is 0 Å². The van der Waals surface area contributed by atoms with E-state index in [9.17, 15) is 9.59 Å². The van der Waals surface area contributed by atoms with Crippen molar-refractivity contribution in [3.8, 4) is 5.75 Å². The number of methoxy groups -OCH3 is 1. The molecule has 3 N–H and O–H groups in total. The molecule has 2 amide bonds. The molecular formula is C19H21ClN4O3. The fourth-order valence-electron chi connectivity index (χ4n) is 2.97. The number of rotatable bonds is 3. The number of nitrogens with zero attached hydrogens (tertiary/aromatic N) is 2. The predicted octanol–water partition coefficient (Wildman–Crippen LogP) is 2.22. The van der Waals surface area contributed by atoms with Crippen molar-refractivity contribution in [2.45, 2.75) is 0 Å². The minimum Gasteiger partial charge on any atom is -0.495 e. The molecule has 0 bridgehead atoms. The molecule has 1 fully saturated rings. The van der Waals surface area contributed by atoms with Crippen molar-refractivity contribution in [2.24, 2.45) is 0 Å². The molecule has 142 valence electrons. The SMILES string of the molecule is COc1ccccc1N1CCN(C(=O)C(=O)Nc2ccc(N)c(Cl)c2)CC1. The number of nitrogen functional groups attached to an aromatic ring is 1. The van der Waals surface area contributed by atoms with Crippen molar-refractivity contribution in [3.05, 3.63) is 47.5 Å². The molecule has 3 rings (SSSR count). The molecule has 0 spiro atoms. The summed E-state index contributed by atoms with van der Waals surface area (Å²) in [6.45, 7) is 2.14. The second-order valence-electron chi connectivity index (χ2n) is 6.14. The Kier molecular flexibility index (Phi) is 5.71. The van der Waals surface area contributed by atoms with Gasteiger partial charge in [-0.3, -0.25) is 9.59 Å². The second kappa shape index (κ2) is 8.18. The van der Waals surface area contributed by atoms with Crippen LogP contribution in [-0.4, -0.2) is 50.0 Å². The van der Waals surface area contributed by atoms with Crippen LogP contribution in [0.15, 0.2) is 42.5 Å². The molecule has 2 aromatic rings. The van der Waals surface area contributed by atoms with Gasteiger partial charge in [-0.25, -0.2) is 0 Å². The highest BCUT2D eigenvalue weighted by Crippen LogP contribution is 2.28. The van der Waals surface area contributed by atoms with Gasteiger partial charge in [-0.2, -0.15) is 0 Å². The zero-order chi connectivity index (χ0) is 19.4. The van der Waals surface area contributed by atoms with E-state index in [0.717, 1.165) is 11.4 Å². The van der Waals surface area contributed by atoms with Crippen molar-refractivity contribution in [1.82, 2.24) is 4.90 Å². The molecule has 0 unspecified atom stereocenters. The molecule has 1 heterocycles. The molecule has 1 aliphatic heterocycles. The number of ether oxygens (including phenoxy) is 1. The highest BCUT2D eigenvalue weighted by atomic mass is 35.5. The number of nitrogens with one attached hydrogen (secondary N) is 1. The number of amides is 2. The van der Waals surface area contributed by atoms with Gasteiger partial charge in [0, 0.05) is 31.9 Å². The van der Waals surface area contributed by atoms with E-state index in [2.05, 4.69) is 10.2 Å². The molecule has 27 heavy (non-hydrogen) atoms. The summed E-state index contributed by atoms with van der Waals surface area (Å²) in [4.78, 5) is 28.4. The maximum Gasteiger partial charge on any atom is 0.313 e. The Hall–Kier alpha value is -2.93. The lowest BCUT2D eigenvalue weighted by atomic mass is 10.2. The van der Waals surface area contributed by atoms with Gasteiger partial charge in [0.1, 0.15) is 5.75 Å². The molecular weight excluding hydrogens is 368 g/mol. The lowest BCUT2D eigenvalue weighted by Crippen LogP contribution is -2.51. The standard InChI is InChI=1S/C19H21ClN4O3/c1-27-17-5-3-2-4-16(17)23-8-10-24(11-9-23)19(26)18(25)22-13-6-7-15(21)14(20)12-13/h2-7,12H,8-11,21H2,1H3,(H,22,25). The van der Waals surface area contributed by atoms with Crippen molar-refractivity contribution in [3.63, 3.8) is 0 Å². The van der Waals surface area contributed by atoms with Crippen molar-refractivity contribution < 1.29 is 14.3 Å². The van der Waals surface area contributed by atoms with Gasteiger partial charge in [0.05, 0.1) is 23.5 Å². The van der Waals surface area contributed by atoms with Gasteiger partial charge < -0.3 is 25.6 Å². The Bertz CT molecular complexity index is 851. The first-order chi connectivity index (χ1) is 13.0. The molecule has 0 saturated carbocycles. The van der Waals surface area contributed by atoms with Crippen LogP contribution in [0.4, 0.5) is 17.1 Å². The number of carbonyl (C=O) groups is 2. The number of hydrogen-bond acceptors (Lipinski definition) is 5. The monoisotopic (exact) mass is 388 g/mol. The second-order valence-corrected chi connectivity index (χ2v) is 6.55.